The molecular formula is C22H18N4O3. The second-order valence-electron chi connectivity index (χ2n) is 5.99. The van der Waals surface area contributed by atoms with E-state index in [1.807, 2.05) is 36.4 Å². The Labute approximate surface area is 167 Å². The van der Waals surface area contributed by atoms with Crippen molar-refractivity contribution in [2.24, 2.45) is 0 Å². The maximum absolute atomic E-state index is 12.5. The van der Waals surface area contributed by atoms with Crippen LogP contribution in [-0.4, -0.2) is 28.7 Å². The molecule has 0 saturated heterocycles. The average Bonchev–Trinajstić information content (AvgIpc) is 3.21. The highest BCUT2D eigenvalue weighted by molar-refractivity contribution is 6.10. The van der Waals surface area contributed by atoms with Gasteiger partial charge in [0.2, 0.25) is 0 Å². The lowest BCUT2D eigenvalue weighted by molar-refractivity contribution is -0.112. The molecule has 0 saturated carbocycles. The van der Waals surface area contributed by atoms with Crippen LogP contribution >= 0.6 is 0 Å². The summed E-state index contributed by atoms with van der Waals surface area (Å²) in [6, 6.07) is 17.7. The Morgan fingerprint density at radius 3 is 2.55 bits per heavy atom. The van der Waals surface area contributed by atoms with Gasteiger partial charge >= 0.3 is 5.97 Å². The Kier molecular flexibility index (Phi) is 6.18. The number of aromatic nitrogens is 2. The van der Waals surface area contributed by atoms with Gasteiger partial charge in [0.05, 0.1) is 24.1 Å². The summed E-state index contributed by atoms with van der Waals surface area (Å²) in [5.74, 6) is -0.993. The number of nitrogens with one attached hydrogen (secondary N) is 2. The topological polar surface area (TPSA) is 108 Å². The number of hydrogen-bond donors (Lipinski definition) is 2. The first kappa shape index (κ1) is 19.6. The molecule has 1 heterocycles. The van der Waals surface area contributed by atoms with Gasteiger partial charge in [-0.3, -0.25) is 9.89 Å². The molecule has 1 aromatic heterocycles. The Hall–Kier alpha value is -4.18. The van der Waals surface area contributed by atoms with Gasteiger partial charge in [-0.05, 0) is 37.3 Å². The van der Waals surface area contributed by atoms with E-state index in [2.05, 4.69) is 15.5 Å². The van der Waals surface area contributed by atoms with Crippen molar-refractivity contribution in [1.82, 2.24) is 10.2 Å². The van der Waals surface area contributed by atoms with Crippen molar-refractivity contribution >= 4 is 23.6 Å². The lowest BCUT2D eigenvalue weighted by Gasteiger charge is -2.06. The molecule has 0 radical (unpaired) electrons. The maximum Gasteiger partial charge on any atom is 0.338 e. The zero-order valence-corrected chi connectivity index (χ0v) is 15.7. The molecule has 0 aliphatic heterocycles. The van der Waals surface area contributed by atoms with E-state index in [4.69, 9.17) is 4.74 Å². The van der Waals surface area contributed by atoms with E-state index in [0.717, 1.165) is 5.56 Å². The van der Waals surface area contributed by atoms with Crippen LogP contribution in [0.4, 0.5) is 5.69 Å². The normalized spacial score (nSPS) is 10.8. The molecule has 7 nitrogen and oxygen atoms in total. The molecule has 0 bridgehead atoms. The average molecular weight is 386 g/mol. The Bertz CT molecular complexity index is 1080. The Morgan fingerprint density at radius 1 is 1.17 bits per heavy atom. The molecule has 3 aromatic rings. The zero-order valence-electron chi connectivity index (χ0n) is 15.7. The second kappa shape index (κ2) is 9.15. The number of ether oxygens (including phenoxy) is 1. The summed E-state index contributed by atoms with van der Waals surface area (Å²) in [6.07, 6.45) is 3.04. The van der Waals surface area contributed by atoms with Gasteiger partial charge in [-0.2, -0.15) is 10.4 Å². The number of aromatic amines is 1. The van der Waals surface area contributed by atoms with Crippen LogP contribution in [0.15, 0.2) is 66.4 Å². The van der Waals surface area contributed by atoms with E-state index >= 15 is 0 Å². The molecule has 2 N–H and O–H groups in total. The molecule has 0 fully saturated rings. The molecule has 0 aliphatic rings. The molecule has 29 heavy (non-hydrogen) atoms. The van der Waals surface area contributed by atoms with Crippen LogP contribution in [0.5, 0.6) is 0 Å². The number of anilines is 1. The van der Waals surface area contributed by atoms with Crippen LogP contribution in [0.25, 0.3) is 17.3 Å². The van der Waals surface area contributed by atoms with Crippen molar-refractivity contribution < 1.29 is 14.3 Å². The number of H-pyrrole nitrogens is 1. The lowest BCUT2D eigenvalue weighted by Crippen LogP contribution is -2.13. The van der Waals surface area contributed by atoms with Gasteiger partial charge < -0.3 is 10.1 Å². The number of carbonyl (C=O) groups excluding carboxylic acids is 2. The molecule has 1 amide bonds. The van der Waals surface area contributed by atoms with Gasteiger partial charge in [-0.1, -0.05) is 30.3 Å². The third-order valence-corrected chi connectivity index (χ3v) is 4.05. The highest BCUT2D eigenvalue weighted by atomic mass is 16.5. The molecule has 0 spiro atoms. The van der Waals surface area contributed by atoms with Crippen molar-refractivity contribution in [2.75, 3.05) is 11.9 Å². The van der Waals surface area contributed by atoms with Gasteiger partial charge in [-0.15, -0.1) is 0 Å². The summed E-state index contributed by atoms with van der Waals surface area (Å²) in [7, 11) is 0. The van der Waals surface area contributed by atoms with E-state index < -0.39 is 11.9 Å². The van der Waals surface area contributed by atoms with Gasteiger partial charge in [0.1, 0.15) is 11.6 Å². The molecule has 0 aliphatic carbocycles. The van der Waals surface area contributed by atoms with Crippen LogP contribution < -0.4 is 5.32 Å². The number of esters is 1. The van der Waals surface area contributed by atoms with Crippen LogP contribution in [0, 0.1) is 11.3 Å². The quantitative estimate of drug-likeness (QED) is 0.381. The van der Waals surface area contributed by atoms with Crippen LogP contribution in [0.1, 0.15) is 22.8 Å². The van der Waals surface area contributed by atoms with Gasteiger partial charge in [0, 0.05) is 16.8 Å². The molecular weight excluding hydrogens is 368 g/mol. The molecule has 7 heteroatoms. The minimum Gasteiger partial charge on any atom is -0.462 e. The Balaban J connectivity index is 1.78. The number of nitriles is 1. The monoisotopic (exact) mass is 386 g/mol. The van der Waals surface area contributed by atoms with E-state index in [9.17, 15) is 14.9 Å². The predicted octanol–water partition coefficient (Wildman–Crippen LogP) is 3.80. The first-order chi connectivity index (χ1) is 14.1. The first-order valence-corrected chi connectivity index (χ1v) is 8.91. The summed E-state index contributed by atoms with van der Waals surface area (Å²) in [6.45, 7) is 2.01. The number of nitrogens with zero attached hydrogens (tertiary/aromatic N) is 2. The fraction of sp³-hybridized carbons (Fsp3) is 0.0909. The predicted molar refractivity (Wildman–Crippen MR) is 109 cm³/mol. The highest BCUT2D eigenvalue weighted by Crippen LogP contribution is 2.23. The maximum atomic E-state index is 12.5. The van der Waals surface area contributed by atoms with Crippen LogP contribution in [0.3, 0.4) is 0 Å². The number of carbonyl (C=O) groups is 2. The van der Waals surface area contributed by atoms with Crippen molar-refractivity contribution in [3.8, 4) is 17.3 Å². The van der Waals surface area contributed by atoms with Gasteiger partial charge in [0.15, 0.2) is 0 Å². The molecule has 3 rings (SSSR count). The number of benzene rings is 2. The lowest BCUT2D eigenvalue weighted by atomic mass is 10.1. The fourth-order valence-corrected chi connectivity index (χ4v) is 2.65. The summed E-state index contributed by atoms with van der Waals surface area (Å²) in [5, 5.41) is 19.0. The van der Waals surface area contributed by atoms with E-state index in [-0.39, 0.29) is 12.2 Å². The number of hydrogen-bond acceptors (Lipinski definition) is 5. The van der Waals surface area contributed by atoms with Crippen molar-refractivity contribution in [3.63, 3.8) is 0 Å². The van der Waals surface area contributed by atoms with Gasteiger partial charge in [-0.25, -0.2) is 4.79 Å². The highest BCUT2D eigenvalue weighted by Gasteiger charge is 2.13. The largest absolute Gasteiger partial charge is 0.462 e. The van der Waals surface area contributed by atoms with Crippen LogP contribution in [0.2, 0.25) is 0 Å². The second-order valence-corrected chi connectivity index (χ2v) is 5.99. The third-order valence-electron chi connectivity index (χ3n) is 4.05. The SMILES string of the molecule is CCOC(=O)c1ccc(NC(=O)C(C#N)=Cc2cn[nH]c2-c2ccccc2)cc1. The summed E-state index contributed by atoms with van der Waals surface area (Å²) in [5.41, 5.74) is 3.00. The van der Waals surface area contributed by atoms with E-state index in [0.29, 0.717) is 22.5 Å². The molecule has 144 valence electrons. The Morgan fingerprint density at radius 2 is 1.90 bits per heavy atom. The number of rotatable bonds is 6. The summed E-state index contributed by atoms with van der Waals surface area (Å²) >= 11 is 0. The molecule has 2 aromatic carbocycles. The van der Waals surface area contributed by atoms with Crippen LogP contribution in [-0.2, 0) is 9.53 Å². The van der Waals surface area contributed by atoms with E-state index in [1.165, 1.54) is 6.08 Å². The number of amides is 1. The van der Waals surface area contributed by atoms with Crippen molar-refractivity contribution in [2.45, 2.75) is 6.92 Å². The third kappa shape index (κ3) is 4.76. The summed E-state index contributed by atoms with van der Waals surface area (Å²) < 4.78 is 4.92. The van der Waals surface area contributed by atoms with Crippen molar-refractivity contribution in [1.29, 1.82) is 5.26 Å². The molecule has 0 atom stereocenters. The summed E-state index contributed by atoms with van der Waals surface area (Å²) in [4.78, 5) is 24.2. The van der Waals surface area contributed by atoms with Gasteiger partial charge in [0.25, 0.3) is 5.91 Å². The molecule has 0 unspecified atom stereocenters. The van der Waals surface area contributed by atoms with Crippen molar-refractivity contribution in [3.05, 3.63) is 77.5 Å². The minimum atomic E-state index is -0.559. The van der Waals surface area contributed by atoms with E-state index in [1.54, 1.807) is 37.4 Å². The first-order valence-electron chi connectivity index (χ1n) is 8.91. The smallest absolute Gasteiger partial charge is 0.338 e. The standard InChI is InChI=1S/C22H18N4O3/c1-2-29-22(28)16-8-10-19(11-9-16)25-21(27)17(13-23)12-18-14-24-26-20(18)15-6-4-3-5-7-15/h3-12,14H,2H2,1H3,(H,24,26)(H,25,27). The minimum absolute atomic E-state index is 0.0712. The fourth-order valence-electron chi connectivity index (χ4n) is 2.65. The zero-order chi connectivity index (χ0) is 20.6.